The molecular weight excluding hydrogens is 296 g/mol. The van der Waals surface area contributed by atoms with Gasteiger partial charge < -0.3 is 19.3 Å². The number of carbonyl (C=O) groups excluding carboxylic acids is 2. The minimum absolute atomic E-state index is 0.0276. The van der Waals surface area contributed by atoms with Crippen molar-refractivity contribution in [2.45, 2.75) is 20.3 Å². The number of fused-ring (bicyclic) bond motifs is 1. The lowest BCUT2D eigenvalue weighted by molar-refractivity contribution is -0.135. The molecule has 0 spiro atoms. The smallest absolute Gasteiger partial charge is 0.231 e. The standard InChI is InChI=1S/C17H22N2O4/c1-11(2)8-18(3)17(21)12-6-16(20)19(9-12)13-4-5-14-15(7-13)23-10-22-14/h4-5,7,11-12H,6,8-10H2,1-3H3. The van der Waals surface area contributed by atoms with Gasteiger partial charge in [0, 0.05) is 38.3 Å². The van der Waals surface area contributed by atoms with Gasteiger partial charge in [0.05, 0.1) is 5.92 Å². The predicted octanol–water partition coefficient (Wildman–Crippen LogP) is 1.88. The maximum absolute atomic E-state index is 12.5. The van der Waals surface area contributed by atoms with E-state index in [-0.39, 0.29) is 30.9 Å². The van der Waals surface area contributed by atoms with Gasteiger partial charge in [0.15, 0.2) is 11.5 Å². The number of ether oxygens (including phenoxy) is 2. The Kier molecular flexibility index (Phi) is 4.15. The Morgan fingerprint density at radius 3 is 2.83 bits per heavy atom. The van der Waals surface area contributed by atoms with E-state index in [4.69, 9.17) is 9.47 Å². The van der Waals surface area contributed by atoms with Crippen LogP contribution in [0.2, 0.25) is 0 Å². The third-order valence-electron chi connectivity index (χ3n) is 4.16. The Morgan fingerprint density at radius 2 is 2.09 bits per heavy atom. The molecule has 6 nitrogen and oxygen atoms in total. The van der Waals surface area contributed by atoms with E-state index in [1.165, 1.54) is 0 Å². The maximum atomic E-state index is 12.5. The third kappa shape index (κ3) is 3.11. The molecule has 23 heavy (non-hydrogen) atoms. The number of nitrogens with zero attached hydrogens (tertiary/aromatic N) is 2. The topological polar surface area (TPSA) is 59.1 Å². The first-order valence-electron chi connectivity index (χ1n) is 7.90. The van der Waals surface area contributed by atoms with E-state index in [9.17, 15) is 9.59 Å². The average molecular weight is 318 g/mol. The van der Waals surface area contributed by atoms with Gasteiger partial charge in [-0.2, -0.15) is 0 Å². The molecule has 2 heterocycles. The van der Waals surface area contributed by atoms with Gasteiger partial charge in [-0.1, -0.05) is 13.8 Å². The highest BCUT2D eigenvalue weighted by molar-refractivity contribution is 6.00. The first kappa shape index (κ1) is 15.6. The van der Waals surface area contributed by atoms with Crippen LogP contribution in [-0.2, 0) is 9.59 Å². The molecule has 0 N–H and O–H groups in total. The monoisotopic (exact) mass is 318 g/mol. The zero-order valence-corrected chi connectivity index (χ0v) is 13.7. The van der Waals surface area contributed by atoms with E-state index >= 15 is 0 Å². The zero-order chi connectivity index (χ0) is 16.6. The number of amides is 2. The van der Waals surface area contributed by atoms with Crippen LogP contribution in [0.25, 0.3) is 0 Å². The van der Waals surface area contributed by atoms with Gasteiger partial charge in [-0.15, -0.1) is 0 Å². The van der Waals surface area contributed by atoms with Crippen molar-refractivity contribution in [3.05, 3.63) is 18.2 Å². The van der Waals surface area contributed by atoms with E-state index in [1.807, 2.05) is 6.07 Å². The Balaban J connectivity index is 1.71. The van der Waals surface area contributed by atoms with Crippen molar-refractivity contribution >= 4 is 17.5 Å². The Bertz CT molecular complexity index is 629. The van der Waals surface area contributed by atoms with E-state index < -0.39 is 0 Å². The SMILES string of the molecule is CC(C)CN(C)C(=O)C1CC(=O)N(c2ccc3c(c2)OCO3)C1. The summed E-state index contributed by atoms with van der Waals surface area (Å²) in [6.45, 7) is 5.46. The number of hydrogen-bond donors (Lipinski definition) is 0. The van der Waals surface area contributed by atoms with Gasteiger partial charge in [-0.25, -0.2) is 0 Å². The minimum atomic E-state index is -0.281. The fourth-order valence-electron chi connectivity index (χ4n) is 3.13. The molecule has 1 unspecified atom stereocenters. The molecular formula is C17H22N2O4. The number of hydrogen-bond acceptors (Lipinski definition) is 4. The molecule has 0 radical (unpaired) electrons. The molecule has 124 valence electrons. The van der Waals surface area contributed by atoms with Gasteiger partial charge in [-0.3, -0.25) is 9.59 Å². The Morgan fingerprint density at radius 1 is 1.35 bits per heavy atom. The number of carbonyl (C=O) groups is 2. The molecule has 0 aliphatic carbocycles. The molecule has 6 heteroatoms. The predicted molar refractivity (Wildman–Crippen MR) is 85.5 cm³/mol. The number of benzene rings is 1. The van der Waals surface area contributed by atoms with E-state index in [0.29, 0.717) is 30.5 Å². The molecule has 0 saturated carbocycles. The van der Waals surface area contributed by atoms with Gasteiger partial charge >= 0.3 is 0 Å². The second-order valence-corrected chi connectivity index (χ2v) is 6.56. The summed E-state index contributed by atoms with van der Waals surface area (Å²) in [6.07, 6.45) is 0.260. The molecule has 1 saturated heterocycles. The van der Waals surface area contributed by atoms with Crippen molar-refractivity contribution in [3.8, 4) is 11.5 Å². The molecule has 1 atom stereocenters. The second-order valence-electron chi connectivity index (χ2n) is 6.56. The minimum Gasteiger partial charge on any atom is -0.454 e. The van der Waals surface area contributed by atoms with Crippen molar-refractivity contribution in [2.75, 3.05) is 31.8 Å². The summed E-state index contributed by atoms with van der Waals surface area (Å²) in [6, 6.07) is 5.42. The summed E-state index contributed by atoms with van der Waals surface area (Å²) < 4.78 is 10.6. The number of anilines is 1. The Hall–Kier alpha value is -2.24. The normalized spacial score (nSPS) is 19.6. The van der Waals surface area contributed by atoms with Crippen LogP contribution in [0, 0.1) is 11.8 Å². The van der Waals surface area contributed by atoms with E-state index in [1.54, 1.807) is 29.0 Å². The highest BCUT2D eigenvalue weighted by Gasteiger charge is 2.37. The van der Waals surface area contributed by atoms with Crippen LogP contribution < -0.4 is 14.4 Å². The van der Waals surface area contributed by atoms with Crippen molar-refractivity contribution in [2.24, 2.45) is 11.8 Å². The molecule has 1 aromatic rings. The molecule has 0 bridgehead atoms. The first-order chi connectivity index (χ1) is 11.0. The molecule has 3 rings (SSSR count). The summed E-state index contributed by atoms with van der Waals surface area (Å²) in [4.78, 5) is 28.2. The van der Waals surface area contributed by atoms with Crippen molar-refractivity contribution in [3.63, 3.8) is 0 Å². The molecule has 2 aliphatic heterocycles. The van der Waals surface area contributed by atoms with Crippen LogP contribution in [0.15, 0.2) is 18.2 Å². The fourth-order valence-corrected chi connectivity index (χ4v) is 3.13. The molecule has 2 amide bonds. The lowest BCUT2D eigenvalue weighted by Crippen LogP contribution is -2.36. The Labute approximate surface area is 136 Å². The zero-order valence-electron chi connectivity index (χ0n) is 13.7. The summed E-state index contributed by atoms with van der Waals surface area (Å²) in [7, 11) is 1.80. The van der Waals surface area contributed by atoms with Crippen LogP contribution in [0.5, 0.6) is 11.5 Å². The lowest BCUT2D eigenvalue weighted by atomic mass is 10.1. The lowest BCUT2D eigenvalue weighted by Gasteiger charge is -2.23. The van der Waals surface area contributed by atoms with Crippen LogP contribution in [-0.4, -0.2) is 43.6 Å². The van der Waals surface area contributed by atoms with Crippen molar-refractivity contribution in [1.82, 2.24) is 4.90 Å². The van der Waals surface area contributed by atoms with Gasteiger partial charge in [-0.05, 0) is 18.1 Å². The molecule has 2 aliphatic rings. The van der Waals surface area contributed by atoms with Crippen LogP contribution >= 0.6 is 0 Å². The van der Waals surface area contributed by atoms with Gasteiger partial charge in [0.1, 0.15) is 0 Å². The van der Waals surface area contributed by atoms with E-state index in [2.05, 4.69) is 13.8 Å². The average Bonchev–Trinajstić information content (AvgIpc) is 3.11. The van der Waals surface area contributed by atoms with Gasteiger partial charge in [0.25, 0.3) is 0 Å². The largest absolute Gasteiger partial charge is 0.454 e. The first-order valence-corrected chi connectivity index (χ1v) is 7.90. The maximum Gasteiger partial charge on any atom is 0.231 e. The quantitative estimate of drug-likeness (QED) is 0.850. The fraction of sp³-hybridized carbons (Fsp3) is 0.529. The molecule has 1 aromatic carbocycles. The van der Waals surface area contributed by atoms with Crippen molar-refractivity contribution < 1.29 is 19.1 Å². The van der Waals surface area contributed by atoms with Gasteiger partial charge in [0.2, 0.25) is 18.6 Å². The second kappa shape index (κ2) is 6.10. The van der Waals surface area contributed by atoms with Crippen molar-refractivity contribution in [1.29, 1.82) is 0 Å². The van der Waals surface area contributed by atoms with E-state index in [0.717, 1.165) is 5.69 Å². The molecule has 0 aromatic heterocycles. The highest BCUT2D eigenvalue weighted by atomic mass is 16.7. The summed E-state index contributed by atoms with van der Waals surface area (Å²) in [5.74, 6) is 1.46. The molecule has 1 fully saturated rings. The summed E-state index contributed by atoms with van der Waals surface area (Å²) in [5.41, 5.74) is 0.751. The third-order valence-corrected chi connectivity index (χ3v) is 4.16. The summed E-state index contributed by atoms with van der Waals surface area (Å²) >= 11 is 0. The van der Waals surface area contributed by atoms with Crippen LogP contribution in [0.3, 0.4) is 0 Å². The highest BCUT2D eigenvalue weighted by Crippen LogP contribution is 2.37. The van der Waals surface area contributed by atoms with Crippen LogP contribution in [0.4, 0.5) is 5.69 Å². The summed E-state index contributed by atoms with van der Waals surface area (Å²) in [5, 5.41) is 0. The number of rotatable bonds is 4. The van der Waals surface area contributed by atoms with Crippen LogP contribution in [0.1, 0.15) is 20.3 Å².